The molecule has 1 atom stereocenters. The quantitative estimate of drug-likeness (QED) is 0.0333. The van der Waals surface area contributed by atoms with Crippen LogP contribution in [0.1, 0.15) is 97.3 Å². The third-order valence-electron chi connectivity index (χ3n) is 23.1. The number of ether oxygens (including phenoxy) is 15. The van der Waals surface area contributed by atoms with Crippen LogP contribution in [-0.2, 0) is 97.2 Å². The first-order valence-electron chi connectivity index (χ1n) is 46.8. The van der Waals surface area contributed by atoms with Crippen molar-refractivity contribution >= 4 is 29.7 Å². The van der Waals surface area contributed by atoms with E-state index in [1.165, 1.54) is 0 Å². The normalized spacial score (nSPS) is 12.1. The fourth-order valence-corrected chi connectivity index (χ4v) is 18.1. The lowest BCUT2D eigenvalue weighted by Gasteiger charge is -2.23. The fourth-order valence-electron chi connectivity index (χ4n) is 15.7. The van der Waals surface area contributed by atoms with Crippen LogP contribution in [0.15, 0.2) is 430 Å². The van der Waals surface area contributed by atoms with Gasteiger partial charge in [-0.1, -0.05) is 299 Å². The highest BCUT2D eigenvalue weighted by molar-refractivity contribution is 7.80. The maximum absolute atomic E-state index is 6.83. The molecule has 139 heavy (non-hydrogen) atoms. The van der Waals surface area contributed by atoms with E-state index < -0.39 is 7.92 Å². The topological polar surface area (TPSA) is 151 Å². The van der Waals surface area contributed by atoms with Crippen molar-refractivity contribution in [2.45, 2.75) is 112 Å². The van der Waals surface area contributed by atoms with Gasteiger partial charge in [0.25, 0.3) is 0 Å². The van der Waals surface area contributed by atoms with Gasteiger partial charge in [-0.3, -0.25) is 0 Å². The lowest BCUT2D eigenvalue weighted by Crippen LogP contribution is -2.25. The SMILES string of the molecule is CC(C)[C@H]1COC(c2ccccc2P(c2ccc(OCc3cc(OCc4cc(OCc5ccccc5)cc(OCc5ccccc5)c4)cc(OCc4cc(OCc5ccccc5)cc(OCc5ccccc5)c4)c3)cc2)c2ccc(OCc3cc(OCc4cc(OCc5ccccc5)cc(OCc5ccccc5)c4)cc(OCc4cc(OCc5ccccc5)cc(OCc5ccccc5)c4)c3)cc2)=N1. The van der Waals surface area contributed by atoms with Crippen molar-refractivity contribution in [2.24, 2.45) is 10.9 Å². The summed E-state index contributed by atoms with van der Waals surface area (Å²) < 4.78 is 99.0. The molecular weight excluding hydrogens is 1750 g/mol. The Morgan fingerprint density at radius 1 is 0.209 bits per heavy atom. The third kappa shape index (κ3) is 28.0. The molecule has 0 bridgehead atoms. The summed E-state index contributed by atoms with van der Waals surface area (Å²) >= 11 is 0. The molecule has 1 aliphatic rings. The zero-order chi connectivity index (χ0) is 94.2. The van der Waals surface area contributed by atoms with Gasteiger partial charge in [0.15, 0.2) is 0 Å². The molecule has 0 amide bonds. The molecule has 0 unspecified atom stereocenters. The average Bonchev–Trinajstić information content (AvgIpc) is 1.74. The molecule has 0 aromatic heterocycles. The van der Waals surface area contributed by atoms with E-state index in [0.717, 1.165) is 99.4 Å². The van der Waals surface area contributed by atoms with Gasteiger partial charge in [-0.25, -0.2) is 4.99 Å². The molecule has 16 nitrogen and oxygen atoms in total. The Morgan fingerprint density at radius 2 is 0.388 bits per heavy atom. The Bertz CT molecular complexity index is 5860. The number of rotatable bonds is 47. The summed E-state index contributed by atoms with van der Waals surface area (Å²) in [5.41, 5.74) is 14.3. The van der Waals surface area contributed by atoms with Crippen LogP contribution in [0.4, 0.5) is 0 Å². The van der Waals surface area contributed by atoms with Crippen molar-refractivity contribution in [3.05, 3.63) is 508 Å². The van der Waals surface area contributed by atoms with Crippen molar-refractivity contribution in [2.75, 3.05) is 6.61 Å². The molecule has 696 valence electrons. The van der Waals surface area contributed by atoms with Crippen LogP contribution in [0.5, 0.6) is 80.5 Å². The lowest BCUT2D eigenvalue weighted by atomic mass is 10.1. The van der Waals surface area contributed by atoms with Gasteiger partial charge in [-0.05, 0) is 211 Å². The first-order chi connectivity index (χ1) is 68.5. The van der Waals surface area contributed by atoms with Crippen molar-refractivity contribution in [3.63, 3.8) is 0 Å². The van der Waals surface area contributed by atoms with Crippen LogP contribution in [0.3, 0.4) is 0 Å². The molecule has 1 aliphatic heterocycles. The minimum atomic E-state index is -1.28. The summed E-state index contributed by atoms with van der Waals surface area (Å²) in [6.45, 7) is 8.94. The third-order valence-corrected chi connectivity index (χ3v) is 25.6. The van der Waals surface area contributed by atoms with Crippen LogP contribution in [0.25, 0.3) is 0 Å². The van der Waals surface area contributed by atoms with Crippen molar-refractivity contribution in [1.29, 1.82) is 0 Å². The molecular formula is C122H108NO15P. The maximum atomic E-state index is 6.83. The minimum absolute atomic E-state index is 0.0248. The number of benzene rings is 17. The Hall–Kier alpha value is -16.2. The fraction of sp³-hybridized carbons (Fsp3) is 0.156. The largest absolute Gasteiger partial charge is 0.489 e. The predicted octanol–water partition coefficient (Wildman–Crippen LogP) is 26.4. The highest BCUT2D eigenvalue weighted by atomic mass is 31.1. The van der Waals surface area contributed by atoms with E-state index in [4.69, 9.17) is 76.0 Å². The number of nitrogens with zero attached hydrogens (tertiary/aromatic N) is 1. The van der Waals surface area contributed by atoms with E-state index in [0.29, 0.717) is 152 Å². The average molecular weight is 1860 g/mol. The molecule has 0 aliphatic carbocycles. The maximum Gasteiger partial charge on any atom is 0.217 e. The molecule has 0 fully saturated rings. The second kappa shape index (κ2) is 47.8. The van der Waals surface area contributed by atoms with Gasteiger partial charge in [0.2, 0.25) is 5.90 Å². The van der Waals surface area contributed by atoms with E-state index in [1.54, 1.807) is 0 Å². The second-order valence-electron chi connectivity index (χ2n) is 34.2. The molecule has 0 saturated heterocycles. The molecule has 0 saturated carbocycles. The Balaban J connectivity index is 0.620. The molecule has 0 radical (unpaired) electrons. The molecule has 17 heteroatoms. The van der Waals surface area contributed by atoms with Crippen LogP contribution in [-0.4, -0.2) is 18.5 Å². The summed E-state index contributed by atoms with van der Waals surface area (Å²) in [7, 11) is -1.28. The van der Waals surface area contributed by atoms with Crippen LogP contribution in [0.2, 0.25) is 0 Å². The molecule has 17 aromatic carbocycles. The minimum Gasteiger partial charge on any atom is -0.489 e. The smallest absolute Gasteiger partial charge is 0.217 e. The van der Waals surface area contributed by atoms with Crippen LogP contribution >= 0.6 is 7.92 Å². The summed E-state index contributed by atoms with van der Waals surface area (Å²) in [5, 5.41) is 3.24. The zero-order valence-electron chi connectivity index (χ0n) is 77.7. The first-order valence-corrected chi connectivity index (χ1v) is 48.1. The van der Waals surface area contributed by atoms with E-state index in [9.17, 15) is 0 Å². The van der Waals surface area contributed by atoms with Gasteiger partial charge in [-0.15, -0.1) is 0 Å². The van der Waals surface area contributed by atoms with Gasteiger partial charge < -0.3 is 71.1 Å². The van der Waals surface area contributed by atoms with Crippen molar-refractivity contribution in [3.8, 4) is 80.5 Å². The van der Waals surface area contributed by atoms with Crippen LogP contribution in [0, 0.1) is 5.92 Å². The molecule has 17 aromatic rings. The Kier molecular flexibility index (Phi) is 32.1. The monoisotopic (exact) mass is 1860 g/mol. The molecule has 0 spiro atoms. The first kappa shape index (κ1) is 93.3. The van der Waals surface area contributed by atoms with Gasteiger partial charge in [-0.2, -0.15) is 0 Å². The Morgan fingerprint density at radius 3 is 0.583 bits per heavy atom. The summed E-state index contributed by atoms with van der Waals surface area (Å²) in [6.07, 6.45) is 0. The van der Waals surface area contributed by atoms with E-state index >= 15 is 0 Å². The predicted molar refractivity (Wildman–Crippen MR) is 547 cm³/mol. The van der Waals surface area contributed by atoms with Crippen molar-refractivity contribution < 1.29 is 71.1 Å². The molecule has 1 heterocycles. The lowest BCUT2D eigenvalue weighted by molar-refractivity contribution is 0.273. The second-order valence-corrected chi connectivity index (χ2v) is 36.4. The van der Waals surface area contributed by atoms with Gasteiger partial charge in [0, 0.05) is 42.0 Å². The van der Waals surface area contributed by atoms with Crippen molar-refractivity contribution in [1.82, 2.24) is 0 Å². The zero-order valence-corrected chi connectivity index (χ0v) is 78.6. The summed E-state index contributed by atoms with van der Waals surface area (Å²) in [4.78, 5) is 5.20. The Labute approximate surface area is 814 Å². The van der Waals surface area contributed by atoms with Gasteiger partial charge in [0.1, 0.15) is 180 Å². The van der Waals surface area contributed by atoms with Crippen LogP contribution < -0.4 is 82.2 Å². The highest BCUT2D eigenvalue weighted by Crippen LogP contribution is 2.40. The summed E-state index contributed by atoms with van der Waals surface area (Å²) in [5.74, 6) is 9.71. The standard InChI is InChI=1S/C122H108NO15P/c1-88(2)120-87-138-122(123-120)119-45-27-28-46-121(119)139(117-51-47-103(48-52-117)124-81-97-55-113(134-83-99-59-105(126-73-89-29-11-3-12-30-89)67-106(60-99)127-74-90-31-13-4-14-32-90)71-114(56-97)135-84-100-61-107(128-75-91-33-15-5-16-34-91)68-108(62-100)129-76-92-35-17-6-18-36-92)118-53-49-104(50-54-118)125-82-98-57-115(136-85-101-63-109(130-77-93-37-19-7-20-38-93)69-110(64-101)131-78-94-39-21-8-22-40-94)72-116(58-98)137-86-102-65-111(132-79-95-41-23-9-24-42-95)70-112(66-102)133-80-96-43-25-10-26-44-96/h3-72,88,120H,73-87H2,1-2H3/t120-/m1/s1. The molecule has 0 N–H and O–H groups in total. The highest BCUT2D eigenvalue weighted by Gasteiger charge is 2.29. The van der Waals surface area contributed by atoms with Gasteiger partial charge in [0.05, 0.1) is 6.04 Å². The van der Waals surface area contributed by atoms with Gasteiger partial charge >= 0.3 is 0 Å². The van der Waals surface area contributed by atoms with E-state index in [2.05, 4.69) is 62.4 Å². The molecule has 18 rings (SSSR count). The number of hydrogen-bond donors (Lipinski definition) is 0. The number of hydrogen-bond acceptors (Lipinski definition) is 16. The van der Waals surface area contributed by atoms with E-state index in [1.807, 2.05) is 376 Å². The summed E-state index contributed by atoms with van der Waals surface area (Å²) in [6, 6.07) is 142. The van der Waals surface area contributed by atoms with E-state index in [-0.39, 0.29) is 45.7 Å². The number of aliphatic imine (C=N–C) groups is 1.